The molecule has 25 heavy (non-hydrogen) atoms. The van der Waals surface area contributed by atoms with Crippen molar-refractivity contribution in [3.05, 3.63) is 57.8 Å². The van der Waals surface area contributed by atoms with Crippen LogP contribution < -0.4 is 5.32 Å². The first-order chi connectivity index (χ1) is 11.9. The molecule has 1 N–H and O–H groups in total. The van der Waals surface area contributed by atoms with Crippen LogP contribution in [0.5, 0.6) is 0 Å². The molecule has 0 spiro atoms. The predicted octanol–water partition coefficient (Wildman–Crippen LogP) is 4.19. The second-order valence-electron chi connectivity index (χ2n) is 5.56. The Morgan fingerprint density at radius 1 is 1.20 bits per heavy atom. The van der Waals surface area contributed by atoms with Crippen LogP contribution in [0.4, 0.5) is 5.69 Å². The zero-order chi connectivity index (χ0) is 18.4. The number of aromatic nitrogens is 1. The molecule has 0 fully saturated rings. The van der Waals surface area contributed by atoms with Gasteiger partial charge in [0.25, 0.3) is 5.91 Å². The SMILES string of the molecule is CCCN(CC(=O)Nc1cc(Cl)ccc1Cl)C(=O)c1cccc(C)n1. The van der Waals surface area contributed by atoms with Gasteiger partial charge in [0.2, 0.25) is 5.91 Å². The fourth-order valence-corrected chi connectivity index (χ4v) is 2.64. The van der Waals surface area contributed by atoms with E-state index < -0.39 is 0 Å². The molecular formula is C18H19Cl2N3O2. The van der Waals surface area contributed by atoms with Gasteiger partial charge in [0.15, 0.2) is 0 Å². The van der Waals surface area contributed by atoms with Crippen molar-refractivity contribution in [3.63, 3.8) is 0 Å². The number of benzene rings is 1. The van der Waals surface area contributed by atoms with Gasteiger partial charge in [-0.1, -0.05) is 36.2 Å². The Labute approximate surface area is 157 Å². The molecular weight excluding hydrogens is 361 g/mol. The second kappa shape index (κ2) is 8.83. The molecule has 5 nitrogen and oxygen atoms in total. The van der Waals surface area contributed by atoms with E-state index in [1.54, 1.807) is 30.3 Å². The van der Waals surface area contributed by atoms with Gasteiger partial charge in [0.1, 0.15) is 12.2 Å². The van der Waals surface area contributed by atoms with Crippen molar-refractivity contribution in [2.24, 2.45) is 0 Å². The maximum absolute atomic E-state index is 12.6. The first-order valence-electron chi connectivity index (χ1n) is 7.88. The first kappa shape index (κ1) is 19.2. The van der Waals surface area contributed by atoms with Crippen LogP contribution in [0.1, 0.15) is 29.5 Å². The molecule has 7 heteroatoms. The van der Waals surface area contributed by atoms with Crippen molar-refractivity contribution in [1.82, 2.24) is 9.88 Å². The summed E-state index contributed by atoms with van der Waals surface area (Å²) in [6.45, 7) is 4.11. The van der Waals surface area contributed by atoms with Crippen LogP contribution in [0.2, 0.25) is 10.0 Å². The third kappa shape index (κ3) is 5.44. The first-order valence-corrected chi connectivity index (χ1v) is 8.64. The summed E-state index contributed by atoms with van der Waals surface area (Å²) in [6.07, 6.45) is 0.725. The van der Waals surface area contributed by atoms with Crippen molar-refractivity contribution >= 4 is 40.7 Å². The monoisotopic (exact) mass is 379 g/mol. The topological polar surface area (TPSA) is 62.3 Å². The molecule has 0 unspecified atom stereocenters. The molecule has 0 aliphatic rings. The van der Waals surface area contributed by atoms with Crippen molar-refractivity contribution in [1.29, 1.82) is 0 Å². The largest absolute Gasteiger partial charge is 0.328 e. The van der Waals surface area contributed by atoms with E-state index in [0.29, 0.717) is 28.0 Å². The van der Waals surface area contributed by atoms with E-state index >= 15 is 0 Å². The van der Waals surface area contributed by atoms with Crippen molar-refractivity contribution in [2.75, 3.05) is 18.4 Å². The van der Waals surface area contributed by atoms with Crippen molar-refractivity contribution in [3.8, 4) is 0 Å². The predicted molar refractivity (Wildman–Crippen MR) is 100 cm³/mol. The Morgan fingerprint density at radius 2 is 1.96 bits per heavy atom. The van der Waals surface area contributed by atoms with Gasteiger partial charge in [-0.15, -0.1) is 0 Å². The lowest BCUT2D eigenvalue weighted by molar-refractivity contribution is -0.116. The van der Waals surface area contributed by atoms with E-state index in [-0.39, 0.29) is 18.4 Å². The number of pyridine rings is 1. The Kier molecular flexibility index (Phi) is 6.79. The molecule has 132 valence electrons. The van der Waals surface area contributed by atoms with E-state index in [1.807, 2.05) is 19.9 Å². The summed E-state index contributed by atoms with van der Waals surface area (Å²) < 4.78 is 0. The fourth-order valence-electron chi connectivity index (χ4n) is 2.30. The molecule has 0 bridgehead atoms. The van der Waals surface area contributed by atoms with Crippen LogP contribution in [0.25, 0.3) is 0 Å². The highest BCUT2D eigenvalue weighted by Crippen LogP contribution is 2.25. The minimum absolute atomic E-state index is 0.0921. The minimum atomic E-state index is -0.349. The minimum Gasteiger partial charge on any atom is -0.328 e. The lowest BCUT2D eigenvalue weighted by Gasteiger charge is -2.21. The van der Waals surface area contributed by atoms with Crippen LogP contribution in [0.15, 0.2) is 36.4 Å². The highest BCUT2D eigenvalue weighted by molar-refractivity contribution is 6.35. The van der Waals surface area contributed by atoms with Crippen LogP contribution in [-0.2, 0) is 4.79 Å². The Morgan fingerprint density at radius 3 is 2.64 bits per heavy atom. The van der Waals surface area contributed by atoms with Crippen molar-refractivity contribution < 1.29 is 9.59 Å². The Balaban J connectivity index is 2.11. The van der Waals surface area contributed by atoms with Crippen LogP contribution in [-0.4, -0.2) is 34.8 Å². The van der Waals surface area contributed by atoms with Crippen LogP contribution >= 0.6 is 23.2 Å². The lowest BCUT2D eigenvalue weighted by atomic mass is 10.2. The summed E-state index contributed by atoms with van der Waals surface area (Å²) >= 11 is 12.0. The number of nitrogens with one attached hydrogen (secondary N) is 1. The number of rotatable bonds is 6. The molecule has 0 aliphatic heterocycles. The number of halogens is 2. The molecule has 1 aromatic heterocycles. The van der Waals surface area contributed by atoms with E-state index in [0.717, 1.165) is 12.1 Å². The number of hydrogen-bond donors (Lipinski definition) is 1. The summed E-state index contributed by atoms with van der Waals surface area (Å²) in [4.78, 5) is 30.7. The summed E-state index contributed by atoms with van der Waals surface area (Å²) in [6, 6.07) is 10.0. The number of carbonyl (C=O) groups excluding carboxylic acids is 2. The van der Waals surface area contributed by atoms with Gasteiger partial charge in [-0.2, -0.15) is 0 Å². The fraction of sp³-hybridized carbons (Fsp3) is 0.278. The molecule has 0 aliphatic carbocycles. The molecule has 1 heterocycles. The van der Waals surface area contributed by atoms with Crippen LogP contribution in [0, 0.1) is 6.92 Å². The Bertz CT molecular complexity index is 781. The summed E-state index contributed by atoms with van der Waals surface area (Å²) in [5, 5.41) is 3.53. The summed E-state index contributed by atoms with van der Waals surface area (Å²) in [7, 11) is 0. The highest BCUT2D eigenvalue weighted by atomic mass is 35.5. The number of amides is 2. The zero-order valence-electron chi connectivity index (χ0n) is 14.1. The third-order valence-electron chi connectivity index (χ3n) is 3.43. The van der Waals surface area contributed by atoms with E-state index in [1.165, 1.54) is 4.90 Å². The van der Waals surface area contributed by atoms with Gasteiger partial charge < -0.3 is 10.2 Å². The molecule has 2 amide bonds. The number of aryl methyl sites for hydroxylation is 1. The number of hydrogen-bond acceptors (Lipinski definition) is 3. The maximum Gasteiger partial charge on any atom is 0.272 e. The molecule has 0 saturated carbocycles. The molecule has 0 radical (unpaired) electrons. The number of anilines is 1. The van der Waals surface area contributed by atoms with Gasteiger partial charge in [-0.3, -0.25) is 9.59 Å². The van der Waals surface area contributed by atoms with Gasteiger partial charge in [-0.05, 0) is 43.7 Å². The zero-order valence-corrected chi connectivity index (χ0v) is 15.6. The Hall–Kier alpha value is -2.11. The van der Waals surface area contributed by atoms with Gasteiger partial charge in [0, 0.05) is 17.3 Å². The van der Waals surface area contributed by atoms with E-state index in [9.17, 15) is 9.59 Å². The second-order valence-corrected chi connectivity index (χ2v) is 6.41. The quantitative estimate of drug-likeness (QED) is 0.818. The molecule has 1 aromatic carbocycles. The maximum atomic E-state index is 12.6. The van der Waals surface area contributed by atoms with Crippen molar-refractivity contribution in [2.45, 2.75) is 20.3 Å². The molecule has 0 saturated heterocycles. The van der Waals surface area contributed by atoms with Gasteiger partial charge in [0.05, 0.1) is 10.7 Å². The third-order valence-corrected chi connectivity index (χ3v) is 3.99. The average molecular weight is 380 g/mol. The smallest absolute Gasteiger partial charge is 0.272 e. The normalized spacial score (nSPS) is 10.4. The van der Waals surface area contributed by atoms with E-state index in [2.05, 4.69) is 10.3 Å². The van der Waals surface area contributed by atoms with E-state index in [4.69, 9.17) is 23.2 Å². The molecule has 2 aromatic rings. The van der Waals surface area contributed by atoms with Gasteiger partial charge >= 0.3 is 0 Å². The molecule has 2 rings (SSSR count). The van der Waals surface area contributed by atoms with Gasteiger partial charge in [-0.25, -0.2) is 4.98 Å². The summed E-state index contributed by atoms with van der Waals surface area (Å²) in [5.41, 5.74) is 1.48. The highest BCUT2D eigenvalue weighted by Gasteiger charge is 2.20. The standard InChI is InChI=1S/C18H19Cl2N3O2/c1-3-9-23(18(25)15-6-4-5-12(2)21-15)11-17(24)22-16-10-13(19)7-8-14(16)20/h4-8,10H,3,9,11H2,1-2H3,(H,22,24). The summed E-state index contributed by atoms with van der Waals surface area (Å²) in [5.74, 6) is -0.628. The molecule has 0 atom stereocenters. The number of carbonyl (C=O) groups is 2. The lowest BCUT2D eigenvalue weighted by Crippen LogP contribution is -2.39. The van der Waals surface area contributed by atoms with Crippen LogP contribution in [0.3, 0.4) is 0 Å². The number of nitrogens with zero attached hydrogens (tertiary/aromatic N) is 2. The average Bonchev–Trinajstić information content (AvgIpc) is 2.57.